The summed E-state index contributed by atoms with van der Waals surface area (Å²) in [7, 11) is 1.40. The molecule has 78 valence electrons. The van der Waals surface area contributed by atoms with Crippen molar-refractivity contribution in [1.29, 1.82) is 0 Å². The van der Waals surface area contributed by atoms with Gasteiger partial charge in [-0.2, -0.15) is 0 Å². The van der Waals surface area contributed by atoms with Gasteiger partial charge in [-0.05, 0) is 17.7 Å². The summed E-state index contributed by atoms with van der Waals surface area (Å²) in [5, 5.41) is -0.0701. The molecule has 0 unspecified atom stereocenters. The molecule has 0 N–H and O–H groups in total. The molecule has 1 aromatic heterocycles. The molecule has 2 rings (SSSR count). The summed E-state index contributed by atoms with van der Waals surface area (Å²) in [5.74, 6) is -2.14. The SMILES string of the molecule is Cn1c(Cl)nc2cc(F)c(F)cc2c1=O. The Kier molecular flexibility index (Phi) is 2.19. The lowest BCUT2D eigenvalue weighted by atomic mass is 10.2. The number of benzene rings is 1. The van der Waals surface area contributed by atoms with Gasteiger partial charge in [-0.1, -0.05) is 0 Å². The first-order valence-corrected chi connectivity index (χ1v) is 4.40. The third-order valence-electron chi connectivity index (χ3n) is 2.06. The Hall–Kier alpha value is -1.49. The average Bonchev–Trinajstić information content (AvgIpc) is 2.19. The second kappa shape index (κ2) is 3.27. The average molecular weight is 231 g/mol. The smallest absolute Gasteiger partial charge is 0.262 e. The molecule has 0 bridgehead atoms. The zero-order chi connectivity index (χ0) is 11.2. The summed E-state index contributed by atoms with van der Waals surface area (Å²) in [6.45, 7) is 0. The standard InChI is InChI=1S/C9H5ClF2N2O/c1-14-8(15)4-2-5(11)6(12)3-7(4)13-9(14)10/h2-3H,1H3. The minimum absolute atomic E-state index is 0.000741. The van der Waals surface area contributed by atoms with E-state index in [9.17, 15) is 13.6 Å². The van der Waals surface area contributed by atoms with Crippen LogP contribution < -0.4 is 5.56 Å². The fourth-order valence-corrected chi connectivity index (χ4v) is 1.41. The molecule has 0 aliphatic carbocycles. The predicted octanol–water partition coefficient (Wildman–Crippen LogP) is 1.87. The minimum Gasteiger partial charge on any atom is -0.286 e. The Labute approximate surface area is 87.9 Å². The number of hydrogen-bond donors (Lipinski definition) is 0. The van der Waals surface area contributed by atoms with E-state index in [2.05, 4.69) is 4.98 Å². The highest BCUT2D eigenvalue weighted by molar-refractivity contribution is 6.28. The zero-order valence-electron chi connectivity index (χ0n) is 7.59. The van der Waals surface area contributed by atoms with Crippen LogP contribution in [0.4, 0.5) is 8.78 Å². The summed E-state index contributed by atoms with van der Waals surface area (Å²) in [6.07, 6.45) is 0. The van der Waals surface area contributed by atoms with Crippen molar-refractivity contribution in [3.8, 4) is 0 Å². The number of halogens is 3. The maximum atomic E-state index is 12.9. The number of aromatic nitrogens is 2. The van der Waals surface area contributed by atoms with E-state index in [1.807, 2.05) is 0 Å². The molecule has 2 aromatic rings. The van der Waals surface area contributed by atoms with Crippen LogP contribution in [0, 0.1) is 11.6 Å². The van der Waals surface area contributed by atoms with Crippen LogP contribution >= 0.6 is 11.6 Å². The number of hydrogen-bond acceptors (Lipinski definition) is 2. The molecule has 0 aliphatic rings. The van der Waals surface area contributed by atoms with Crippen LogP contribution in [-0.4, -0.2) is 9.55 Å². The van der Waals surface area contributed by atoms with E-state index in [0.29, 0.717) is 0 Å². The van der Waals surface area contributed by atoms with E-state index in [0.717, 1.165) is 16.7 Å². The molecule has 1 heterocycles. The van der Waals surface area contributed by atoms with Gasteiger partial charge >= 0.3 is 0 Å². The molecule has 0 saturated carbocycles. The van der Waals surface area contributed by atoms with E-state index < -0.39 is 17.2 Å². The number of rotatable bonds is 0. The third kappa shape index (κ3) is 1.48. The Morgan fingerprint density at radius 2 is 1.93 bits per heavy atom. The van der Waals surface area contributed by atoms with E-state index in [1.165, 1.54) is 7.05 Å². The molecular weight excluding hydrogens is 226 g/mol. The molecular formula is C9H5ClF2N2O. The highest BCUT2D eigenvalue weighted by Gasteiger charge is 2.10. The summed E-state index contributed by atoms with van der Waals surface area (Å²) >= 11 is 5.62. The van der Waals surface area contributed by atoms with Crippen molar-refractivity contribution in [3.63, 3.8) is 0 Å². The summed E-state index contributed by atoms with van der Waals surface area (Å²) in [5.41, 5.74) is -0.467. The van der Waals surface area contributed by atoms with Crippen LogP contribution in [0.25, 0.3) is 10.9 Å². The van der Waals surface area contributed by atoms with Crippen molar-refractivity contribution < 1.29 is 8.78 Å². The lowest BCUT2D eigenvalue weighted by molar-refractivity contribution is 0.510. The van der Waals surface area contributed by atoms with E-state index >= 15 is 0 Å². The van der Waals surface area contributed by atoms with E-state index in [4.69, 9.17) is 11.6 Å². The third-order valence-corrected chi connectivity index (χ3v) is 2.40. The molecule has 6 heteroatoms. The van der Waals surface area contributed by atoms with Gasteiger partial charge in [0, 0.05) is 13.1 Å². The lowest BCUT2D eigenvalue weighted by Crippen LogP contribution is -2.19. The van der Waals surface area contributed by atoms with Crippen LogP contribution in [0.2, 0.25) is 5.28 Å². The Balaban J connectivity index is 3.00. The lowest BCUT2D eigenvalue weighted by Gasteiger charge is -2.03. The summed E-state index contributed by atoms with van der Waals surface area (Å²) in [6, 6.07) is 1.66. The van der Waals surface area contributed by atoms with Gasteiger partial charge in [0.25, 0.3) is 5.56 Å². The molecule has 0 spiro atoms. The molecule has 0 radical (unpaired) electrons. The van der Waals surface area contributed by atoms with Gasteiger partial charge in [-0.15, -0.1) is 0 Å². The van der Waals surface area contributed by atoms with E-state index in [1.54, 1.807) is 0 Å². The van der Waals surface area contributed by atoms with Gasteiger partial charge < -0.3 is 0 Å². The van der Waals surface area contributed by atoms with Crippen LogP contribution in [0.5, 0.6) is 0 Å². The molecule has 0 amide bonds. The Bertz CT molecular complexity index is 604. The number of fused-ring (bicyclic) bond motifs is 1. The Morgan fingerprint density at radius 1 is 1.33 bits per heavy atom. The van der Waals surface area contributed by atoms with Crippen molar-refractivity contribution in [2.24, 2.45) is 7.05 Å². The quantitative estimate of drug-likeness (QED) is 0.648. The molecule has 0 fully saturated rings. The molecule has 1 aromatic carbocycles. The zero-order valence-corrected chi connectivity index (χ0v) is 8.35. The summed E-state index contributed by atoms with van der Waals surface area (Å²) in [4.78, 5) is 15.3. The fraction of sp³-hybridized carbons (Fsp3) is 0.111. The Morgan fingerprint density at radius 3 is 2.60 bits per heavy atom. The number of nitrogens with zero attached hydrogens (tertiary/aromatic N) is 2. The van der Waals surface area contributed by atoms with Crippen molar-refractivity contribution in [2.75, 3.05) is 0 Å². The van der Waals surface area contributed by atoms with Crippen LogP contribution in [0.15, 0.2) is 16.9 Å². The van der Waals surface area contributed by atoms with Crippen molar-refractivity contribution in [1.82, 2.24) is 9.55 Å². The fourth-order valence-electron chi connectivity index (χ4n) is 1.24. The second-order valence-electron chi connectivity index (χ2n) is 3.03. The molecule has 3 nitrogen and oxygen atoms in total. The predicted molar refractivity (Wildman–Crippen MR) is 51.9 cm³/mol. The minimum atomic E-state index is -1.08. The van der Waals surface area contributed by atoms with Gasteiger partial charge in [-0.25, -0.2) is 13.8 Å². The van der Waals surface area contributed by atoms with Crippen LogP contribution in [0.1, 0.15) is 0 Å². The van der Waals surface area contributed by atoms with Gasteiger partial charge in [0.2, 0.25) is 5.28 Å². The highest BCUT2D eigenvalue weighted by Crippen LogP contribution is 2.15. The van der Waals surface area contributed by atoms with Crippen LogP contribution in [-0.2, 0) is 7.05 Å². The normalized spacial score (nSPS) is 10.9. The highest BCUT2D eigenvalue weighted by atomic mass is 35.5. The van der Waals surface area contributed by atoms with Crippen molar-refractivity contribution >= 4 is 22.5 Å². The van der Waals surface area contributed by atoms with Gasteiger partial charge in [0.05, 0.1) is 10.9 Å². The summed E-state index contributed by atoms with van der Waals surface area (Å²) < 4.78 is 26.8. The largest absolute Gasteiger partial charge is 0.286 e. The van der Waals surface area contributed by atoms with Crippen molar-refractivity contribution in [2.45, 2.75) is 0 Å². The van der Waals surface area contributed by atoms with Crippen molar-refractivity contribution in [3.05, 3.63) is 39.4 Å². The monoisotopic (exact) mass is 230 g/mol. The maximum absolute atomic E-state index is 12.9. The maximum Gasteiger partial charge on any atom is 0.262 e. The first-order chi connectivity index (χ1) is 7.00. The van der Waals surface area contributed by atoms with E-state index in [-0.39, 0.29) is 16.2 Å². The molecule has 0 aliphatic heterocycles. The first-order valence-electron chi connectivity index (χ1n) is 4.02. The molecule has 15 heavy (non-hydrogen) atoms. The topological polar surface area (TPSA) is 34.9 Å². The molecule has 0 atom stereocenters. The first kappa shape index (κ1) is 10.0. The van der Waals surface area contributed by atoms with Gasteiger partial charge in [0.1, 0.15) is 0 Å². The van der Waals surface area contributed by atoms with Gasteiger partial charge in [0.15, 0.2) is 11.6 Å². The second-order valence-corrected chi connectivity index (χ2v) is 3.37. The molecule has 0 saturated heterocycles. The van der Waals surface area contributed by atoms with Gasteiger partial charge in [-0.3, -0.25) is 9.36 Å². The van der Waals surface area contributed by atoms with Crippen LogP contribution in [0.3, 0.4) is 0 Å².